The fourth-order valence-corrected chi connectivity index (χ4v) is 4.06. The molecule has 0 aliphatic heterocycles. The van der Waals surface area contributed by atoms with Crippen LogP contribution in [0, 0.1) is 0 Å². The minimum atomic E-state index is 0.100. The Balaban J connectivity index is 1.64. The molecule has 1 aromatic carbocycles. The van der Waals surface area contributed by atoms with Crippen LogP contribution in [0.3, 0.4) is 0 Å². The largest absolute Gasteiger partial charge is 0.353 e. The predicted octanol–water partition coefficient (Wildman–Crippen LogP) is 4.65. The quantitative estimate of drug-likeness (QED) is 0.650. The van der Waals surface area contributed by atoms with E-state index < -0.39 is 0 Å². The molecular weight excluding hydrogens is 336 g/mol. The van der Waals surface area contributed by atoms with Crippen molar-refractivity contribution in [1.29, 1.82) is 0 Å². The summed E-state index contributed by atoms with van der Waals surface area (Å²) in [6, 6.07) is 11.0. The van der Waals surface area contributed by atoms with Gasteiger partial charge in [-0.05, 0) is 56.4 Å². The Kier molecular flexibility index (Phi) is 9.37. The van der Waals surface area contributed by atoms with Crippen molar-refractivity contribution >= 4 is 11.8 Å². The lowest BCUT2D eigenvalue weighted by Crippen LogP contribution is -2.37. The molecule has 4 heteroatoms. The summed E-state index contributed by atoms with van der Waals surface area (Å²) in [4.78, 5) is 26.4. The summed E-state index contributed by atoms with van der Waals surface area (Å²) in [6.07, 6.45) is 7.91. The lowest BCUT2D eigenvalue weighted by atomic mass is 9.82. The molecule has 0 radical (unpaired) electrons. The number of carbonyl (C=O) groups excluding carboxylic acids is 2. The zero-order chi connectivity index (χ0) is 19.5. The molecule has 1 aromatic rings. The van der Waals surface area contributed by atoms with Gasteiger partial charge in [-0.2, -0.15) is 0 Å². The number of hydrogen-bond donors (Lipinski definition) is 1. The van der Waals surface area contributed by atoms with Crippen LogP contribution in [0.2, 0.25) is 0 Å². The first kappa shape index (κ1) is 21.5. The van der Waals surface area contributed by atoms with Gasteiger partial charge in [-0.1, -0.05) is 44.2 Å². The first-order valence-corrected chi connectivity index (χ1v) is 10.8. The molecule has 0 aromatic heterocycles. The number of nitrogens with one attached hydrogen (secondary N) is 1. The molecule has 1 saturated carbocycles. The molecule has 0 spiro atoms. The Bertz CT molecular complexity index is 559. The van der Waals surface area contributed by atoms with Crippen molar-refractivity contribution in [2.75, 3.05) is 13.1 Å². The summed E-state index contributed by atoms with van der Waals surface area (Å²) < 4.78 is 0. The minimum absolute atomic E-state index is 0.100. The summed E-state index contributed by atoms with van der Waals surface area (Å²) in [5.74, 6) is 0.915. The second-order valence-corrected chi connectivity index (χ2v) is 7.76. The average Bonchev–Trinajstić information content (AvgIpc) is 2.69. The number of carbonyl (C=O) groups is 2. The van der Waals surface area contributed by atoms with Gasteiger partial charge in [0.25, 0.3) is 0 Å². The molecule has 1 aliphatic carbocycles. The third-order valence-corrected chi connectivity index (χ3v) is 5.50. The molecule has 1 fully saturated rings. The van der Waals surface area contributed by atoms with Gasteiger partial charge in [0, 0.05) is 32.0 Å². The van der Waals surface area contributed by atoms with Crippen LogP contribution in [-0.2, 0) is 9.59 Å². The molecule has 2 amide bonds. The fourth-order valence-electron chi connectivity index (χ4n) is 4.06. The molecule has 1 N–H and O–H groups in total. The van der Waals surface area contributed by atoms with E-state index in [1.54, 1.807) is 0 Å². The Morgan fingerprint density at radius 1 is 0.963 bits per heavy atom. The van der Waals surface area contributed by atoms with Crippen molar-refractivity contribution in [1.82, 2.24) is 10.2 Å². The number of benzene rings is 1. The van der Waals surface area contributed by atoms with E-state index in [4.69, 9.17) is 0 Å². The van der Waals surface area contributed by atoms with Crippen LogP contribution in [0.15, 0.2) is 30.3 Å². The number of amides is 2. The van der Waals surface area contributed by atoms with Crippen molar-refractivity contribution < 1.29 is 9.59 Å². The lowest BCUT2D eigenvalue weighted by Gasteiger charge is -2.29. The van der Waals surface area contributed by atoms with Crippen LogP contribution in [0.4, 0.5) is 0 Å². The maximum atomic E-state index is 12.3. The second-order valence-electron chi connectivity index (χ2n) is 7.76. The Morgan fingerprint density at radius 3 is 2.19 bits per heavy atom. The summed E-state index contributed by atoms with van der Waals surface area (Å²) in [7, 11) is 0. The molecule has 150 valence electrons. The molecule has 0 saturated heterocycles. The standard InChI is InChI=1S/C23H36N2O2/c1-3-17-25(18-4-2)23(27)12-8-11-22(26)24-21-15-13-20(14-16-21)19-9-6-5-7-10-19/h5-7,9-10,20-21H,3-4,8,11-18H2,1-2H3,(H,24,26). The van der Waals surface area contributed by atoms with Crippen molar-refractivity contribution in [3.63, 3.8) is 0 Å². The summed E-state index contributed by atoms with van der Waals surface area (Å²) in [5.41, 5.74) is 1.42. The smallest absolute Gasteiger partial charge is 0.222 e. The van der Waals surface area contributed by atoms with E-state index in [1.807, 2.05) is 4.90 Å². The van der Waals surface area contributed by atoms with E-state index in [-0.39, 0.29) is 11.8 Å². The second kappa shape index (κ2) is 11.8. The highest BCUT2D eigenvalue weighted by Gasteiger charge is 2.23. The highest BCUT2D eigenvalue weighted by atomic mass is 16.2. The number of rotatable bonds is 10. The van der Waals surface area contributed by atoms with E-state index in [0.29, 0.717) is 31.2 Å². The van der Waals surface area contributed by atoms with Gasteiger partial charge in [0.05, 0.1) is 0 Å². The molecule has 4 nitrogen and oxygen atoms in total. The van der Waals surface area contributed by atoms with E-state index in [2.05, 4.69) is 49.5 Å². The zero-order valence-corrected chi connectivity index (χ0v) is 17.1. The van der Waals surface area contributed by atoms with Crippen molar-refractivity contribution in [3.8, 4) is 0 Å². The monoisotopic (exact) mass is 372 g/mol. The average molecular weight is 373 g/mol. The predicted molar refractivity (Wildman–Crippen MR) is 111 cm³/mol. The molecule has 0 heterocycles. The first-order chi connectivity index (χ1) is 13.1. The van der Waals surface area contributed by atoms with Gasteiger partial charge in [-0.3, -0.25) is 9.59 Å². The molecule has 1 aliphatic rings. The van der Waals surface area contributed by atoms with Gasteiger partial charge in [0.2, 0.25) is 11.8 Å². The molecule has 2 rings (SSSR count). The van der Waals surface area contributed by atoms with Crippen LogP contribution < -0.4 is 5.32 Å². The van der Waals surface area contributed by atoms with Gasteiger partial charge in [0.1, 0.15) is 0 Å². The maximum Gasteiger partial charge on any atom is 0.222 e. The van der Waals surface area contributed by atoms with Crippen LogP contribution >= 0.6 is 0 Å². The van der Waals surface area contributed by atoms with Crippen molar-refractivity contribution in [3.05, 3.63) is 35.9 Å². The molecule has 0 bridgehead atoms. The van der Waals surface area contributed by atoms with Crippen LogP contribution in [0.1, 0.15) is 83.1 Å². The molecule has 0 atom stereocenters. The van der Waals surface area contributed by atoms with Gasteiger partial charge in [-0.25, -0.2) is 0 Å². The summed E-state index contributed by atoms with van der Waals surface area (Å²) in [5, 5.41) is 3.18. The Hall–Kier alpha value is -1.84. The van der Waals surface area contributed by atoms with Gasteiger partial charge in [0.15, 0.2) is 0 Å². The third kappa shape index (κ3) is 7.36. The SMILES string of the molecule is CCCN(CCC)C(=O)CCCC(=O)NC1CCC(c2ccccc2)CC1. The van der Waals surface area contributed by atoms with Crippen molar-refractivity contribution in [2.24, 2.45) is 0 Å². The van der Waals surface area contributed by atoms with Crippen molar-refractivity contribution in [2.45, 2.75) is 83.6 Å². The number of nitrogens with zero attached hydrogens (tertiary/aromatic N) is 1. The first-order valence-electron chi connectivity index (χ1n) is 10.8. The summed E-state index contributed by atoms with van der Waals surface area (Å²) in [6.45, 7) is 5.83. The minimum Gasteiger partial charge on any atom is -0.353 e. The zero-order valence-electron chi connectivity index (χ0n) is 17.1. The van der Waals surface area contributed by atoms with Gasteiger partial charge in [-0.15, -0.1) is 0 Å². The molecular formula is C23H36N2O2. The topological polar surface area (TPSA) is 49.4 Å². The lowest BCUT2D eigenvalue weighted by molar-refractivity contribution is -0.131. The maximum absolute atomic E-state index is 12.3. The number of hydrogen-bond acceptors (Lipinski definition) is 2. The van der Waals surface area contributed by atoms with E-state index in [9.17, 15) is 9.59 Å². The van der Waals surface area contributed by atoms with Crippen LogP contribution in [0.5, 0.6) is 0 Å². The van der Waals surface area contributed by atoms with Gasteiger partial charge >= 0.3 is 0 Å². The Labute approximate surface area is 164 Å². The fraction of sp³-hybridized carbons (Fsp3) is 0.652. The molecule has 27 heavy (non-hydrogen) atoms. The van der Waals surface area contributed by atoms with E-state index >= 15 is 0 Å². The Morgan fingerprint density at radius 2 is 1.59 bits per heavy atom. The van der Waals surface area contributed by atoms with E-state index in [0.717, 1.165) is 51.6 Å². The highest BCUT2D eigenvalue weighted by Crippen LogP contribution is 2.32. The van der Waals surface area contributed by atoms with Crippen LogP contribution in [-0.4, -0.2) is 35.8 Å². The van der Waals surface area contributed by atoms with Gasteiger partial charge < -0.3 is 10.2 Å². The molecule has 0 unspecified atom stereocenters. The highest BCUT2D eigenvalue weighted by molar-refractivity contribution is 5.79. The van der Waals surface area contributed by atoms with Crippen LogP contribution in [0.25, 0.3) is 0 Å². The normalized spacial score (nSPS) is 19.5. The van der Waals surface area contributed by atoms with E-state index in [1.165, 1.54) is 5.56 Å². The summed E-state index contributed by atoms with van der Waals surface area (Å²) >= 11 is 0. The third-order valence-electron chi connectivity index (χ3n) is 5.50.